The fourth-order valence-corrected chi connectivity index (χ4v) is 2.70. The number of hydrogen-bond donors (Lipinski definition) is 1. The van der Waals surface area contributed by atoms with Gasteiger partial charge < -0.3 is 10.1 Å². The number of Topliss-reactive ketones (excluding diaryl/α,β-unsaturated/α-hetero) is 1. The summed E-state index contributed by atoms with van der Waals surface area (Å²) in [5, 5.41) is 3.05. The van der Waals surface area contributed by atoms with Crippen molar-refractivity contribution in [1.82, 2.24) is 5.32 Å². The minimum atomic E-state index is -2.87. The fraction of sp³-hybridized carbons (Fsp3) is 0.667. The molecule has 0 aliphatic carbocycles. The van der Waals surface area contributed by atoms with Gasteiger partial charge in [-0.1, -0.05) is 32.4 Å². The summed E-state index contributed by atoms with van der Waals surface area (Å²) in [4.78, 5) is 11.6. The van der Waals surface area contributed by atoms with Crippen LogP contribution in [0.1, 0.15) is 70.4 Å². The smallest absolute Gasteiger partial charge is 0.281 e. The molecule has 1 N–H and O–H groups in total. The van der Waals surface area contributed by atoms with Crippen LogP contribution in [-0.2, 0) is 4.79 Å². The van der Waals surface area contributed by atoms with Crippen LogP contribution in [0.25, 0.3) is 0 Å². The summed E-state index contributed by atoms with van der Waals surface area (Å²) in [6, 6.07) is 5.74. The summed E-state index contributed by atoms with van der Waals surface area (Å²) >= 11 is 0. The summed E-state index contributed by atoms with van der Waals surface area (Å²) in [5.41, 5.74) is 2.04. The SMILES string of the molecule is CCNCC(=O)CCCCC(C)c1ccc(O[C@H](C)C(C)(F)F)c(C)c1. The van der Waals surface area contributed by atoms with E-state index < -0.39 is 12.0 Å². The zero-order chi connectivity index (χ0) is 19.7. The highest BCUT2D eigenvalue weighted by molar-refractivity contribution is 5.80. The van der Waals surface area contributed by atoms with E-state index >= 15 is 0 Å². The van der Waals surface area contributed by atoms with Crippen LogP contribution in [0, 0.1) is 6.92 Å². The predicted molar refractivity (Wildman–Crippen MR) is 102 cm³/mol. The Morgan fingerprint density at radius 3 is 2.54 bits per heavy atom. The van der Waals surface area contributed by atoms with Crippen molar-refractivity contribution in [2.24, 2.45) is 0 Å². The molecule has 0 bridgehead atoms. The van der Waals surface area contributed by atoms with E-state index in [9.17, 15) is 13.6 Å². The van der Waals surface area contributed by atoms with Crippen molar-refractivity contribution < 1.29 is 18.3 Å². The third-order valence-electron chi connectivity index (χ3n) is 4.70. The molecule has 0 spiro atoms. The minimum absolute atomic E-state index is 0.263. The molecule has 0 fully saturated rings. The van der Waals surface area contributed by atoms with E-state index in [0.717, 1.165) is 38.3 Å². The van der Waals surface area contributed by atoms with Gasteiger partial charge in [-0.15, -0.1) is 0 Å². The molecule has 0 aromatic heterocycles. The number of carbonyl (C=O) groups excluding carboxylic acids is 1. The molecule has 0 amide bonds. The van der Waals surface area contributed by atoms with Crippen LogP contribution in [0.4, 0.5) is 8.78 Å². The molecule has 0 aliphatic rings. The summed E-state index contributed by atoms with van der Waals surface area (Å²) in [7, 11) is 0. The van der Waals surface area contributed by atoms with Gasteiger partial charge in [-0.3, -0.25) is 4.79 Å². The van der Waals surface area contributed by atoms with E-state index in [1.807, 2.05) is 26.0 Å². The second kappa shape index (κ2) is 10.6. The van der Waals surface area contributed by atoms with Gasteiger partial charge >= 0.3 is 0 Å². The highest BCUT2D eigenvalue weighted by Gasteiger charge is 2.32. The Balaban J connectivity index is 2.49. The third-order valence-corrected chi connectivity index (χ3v) is 4.70. The molecule has 1 aromatic carbocycles. The molecule has 3 nitrogen and oxygen atoms in total. The highest BCUT2D eigenvalue weighted by Crippen LogP contribution is 2.29. The van der Waals surface area contributed by atoms with Crippen LogP contribution in [0.15, 0.2) is 18.2 Å². The standard InChI is InChI=1S/C21H33F2NO2/c1-6-24-14-19(25)10-8-7-9-15(2)18-11-12-20(16(3)13-18)26-17(4)21(5,22)23/h11-13,15,17,24H,6-10,14H2,1-5H3/t15?,17-/m1/s1. The van der Waals surface area contributed by atoms with Crippen LogP contribution >= 0.6 is 0 Å². The van der Waals surface area contributed by atoms with Crippen molar-refractivity contribution >= 4 is 5.78 Å². The minimum Gasteiger partial charge on any atom is -0.484 e. The molecule has 1 rings (SSSR count). The van der Waals surface area contributed by atoms with E-state index in [4.69, 9.17) is 4.74 Å². The van der Waals surface area contributed by atoms with Crippen molar-refractivity contribution in [2.45, 2.75) is 78.2 Å². The molecule has 0 saturated heterocycles. The maximum absolute atomic E-state index is 13.3. The number of likely N-dealkylation sites (N-methyl/N-ethyl adjacent to an activating group) is 1. The second-order valence-corrected chi connectivity index (χ2v) is 7.21. The van der Waals surface area contributed by atoms with Gasteiger partial charge in [-0.25, -0.2) is 8.78 Å². The molecule has 148 valence electrons. The summed E-state index contributed by atoms with van der Waals surface area (Å²) in [6.45, 7) is 9.55. The van der Waals surface area contributed by atoms with Crippen molar-refractivity contribution in [3.63, 3.8) is 0 Å². The molecule has 0 radical (unpaired) electrons. The lowest BCUT2D eigenvalue weighted by Gasteiger charge is -2.22. The number of alkyl halides is 2. The van der Waals surface area contributed by atoms with Gasteiger partial charge in [0.05, 0.1) is 6.54 Å². The summed E-state index contributed by atoms with van der Waals surface area (Å²) < 4.78 is 32.0. The van der Waals surface area contributed by atoms with Gasteiger partial charge in [0.2, 0.25) is 0 Å². The highest BCUT2D eigenvalue weighted by atomic mass is 19.3. The zero-order valence-corrected chi connectivity index (χ0v) is 16.7. The molecule has 26 heavy (non-hydrogen) atoms. The number of aryl methyl sites for hydroxylation is 1. The first-order chi connectivity index (χ1) is 12.1. The van der Waals surface area contributed by atoms with Gasteiger partial charge in [0.25, 0.3) is 5.92 Å². The average Bonchev–Trinajstić information content (AvgIpc) is 2.57. The number of halogens is 2. The lowest BCUT2D eigenvalue weighted by molar-refractivity contribution is -0.118. The molecule has 1 unspecified atom stereocenters. The van der Waals surface area contributed by atoms with Crippen molar-refractivity contribution in [3.05, 3.63) is 29.3 Å². The van der Waals surface area contributed by atoms with Crippen LogP contribution in [-0.4, -0.2) is 30.9 Å². The Hall–Kier alpha value is -1.49. The molecule has 0 saturated carbocycles. The molecule has 5 heteroatoms. The van der Waals surface area contributed by atoms with E-state index in [0.29, 0.717) is 24.6 Å². The van der Waals surface area contributed by atoms with Gasteiger partial charge in [0, 0.05) is 13.3 Å². The van der Waals surface area contributed by atoms with Gasteiger partial charge in [0.15, 0.2) is 6.10 Å². The first-order valence-corrected chi connectivity index (χ1v) is 9.52. The van der Waals surface area contributed by atoms with Crippen molar-refractivity contribution in [2.75, 3.05) is 13.1 Å². The lowest BCUT2D eigenvalue weighted by atomic mass is 9.93. The number of carbonyl (C=O) groups is 1. The lowest BCUT2D eigenvalue weighted by Crippen LogP contribution is -2.32. The Labute approximate surface area is 156 Å². The van der Waals surface area contributed by atoms with E-state index in [1.54, 1.807) is 6.07 Å². The number of ether oxygens (including phenoxy) is 1. The van der Waals surface area contributed by atoms with E-state index in [-0.39, 0.29) is 5.78 Å². The van der Waals surface area contributed by atoms with Crippen LogP contribution in [0.5, 0.6) is 5.75 Å². The van der Waals surface area contributed by atoms with Crippen LogP contribution < -0.4 is 10.1 Å². The molecule has 0 heterocycles. The number of hydrogen-bond acceptors (Lipinski definition) is 3. The monoisotopic (exact) mass is 369 g/mol. The van der Waals surface area contributed by atoms with Crippen LogP contribution in [0.3, 0.4) is 0 Å². The average molecular weight is 369 g/mol. The first-order valence-electron chi connectivity index (χ1n) is 9.52. The largest absolute Gasteiger partial charge is 0.484 e. The van der Waals surface area contributed by atoms with E-state index in [1.165, 1.54) is 12.5 Å². The number of benzene rings is 1. The molecule has 1 aromatic rings. The Kier molecular flexibility index (Phi) is 9.20. The number of ketones is 1. The fourth-order valence-electron chi connectivity index (χ4n) is 2.70. The number of rotatable bonds is 12. The van der Waals surface area contributed by atoms with Crippen molar-refractivity contribution in [3.8, 4) is 5.75 Å². The molecule has 2 atom stereocenters. The topological polar surface area (TPSA) is 38.3 Å². The van der Waals surface area contributed by atoms with Crippen LogP contribution in [0.2, 0.25) is 0 Å². The van der Waals surface area contributed by atoms with Crippen molar-refractivity contribution in [1.29, 1.82) is 0 Å². The number of unbranched alkanes of at least 4 members (excludes halogenated alkanes) is 1. The molecular weight excluding hydrogens is 336 g/mol. The molecule has 0 aliphatic heterocycles. The van der Waals surface area contributed by atoms with Gasteiger partial charge in [-0.05, 0) is 56.3 Å². The van der Waals surface area contributed by atoms with Gasteiger partial charge in [-0.2, -0.15) is 0 Å². The Morgan fingerprint density at radius 2 is 1.96 bits per heavy atom. The van der Waals surface area contributed by atoms with E-state index in [2.05, 4.69) is 12.2 Å². The Morgan fingerprint density at radius 1 is 1.27 bits per heavy atom. The maximum atomic E-state index is 13.3. The zero-order valence-electron chi connectivity index (χ0n) is 16.7. The quantitative estimate of drug-likeness (QED) is 0.511. The second-order valence-electron chi connectivity index (χ2n) is 7.21. The third kappa shape index (κ3) is 7.81. The predicted octanol–water partition coefficient (Wildman–Crippen LogP) is 5.26. The molecular formula is C21H33F2NO2. The number of nitrogens with one attached hydrogen (secondary N) is 1. The maximum Gasteiger partial charge on any atom is 0.281 e. The van der Waals surface area contributed by atoms with Gasteiger partial charge in [0.1, 0.15) is 11.5 Å². The normalized spacial score (nSPS) is 14.1. The first kappa shape index (κ1) is 22.6. The Bertz CT molecular complexity index is 570. The summed E-state index contributed by atoms with van der Waals surface area (Å²) in [6.07, 6.45) is 2.35. The summed E-state index contributed by atoms with van der Waals surface area (Å²) in [5.74, 6) is -1.75.